The lowest BCUT2D eigenvalue weighted by Gasteiger charge is -2.16. The van der Waals surface area contributed by atoms with Gasteiger partial charge in [-0.2, -0.15) is 0 Å². The molecule has 1 N–H and O–H groups in total. The van der Waals surface area contributed by atoms with E-state index in [0.29, 0.717) is 11.4 Å². The molecule has 0 aliphatic heterocycles. The summed E-state index contributed by atoms with van der Waals surface area (Å²) in [5, 5.41) is 9.18. The van der Waals surface area contributed by atoms with E-state index in [9.17, 15) is 19.5 Å². The van der Waals surface area contributed by atoms with Crippen LogP contribution < -0.4 is 11.2 Å². The van der Waals surface area contributed by atoms with Gasteiger partial charge in [0.25, 0.3) is 11.3 Å². The Morgan fingerprint density at radius 2 is 1.46 bits per heavy atom. The summed E-state index contributed by atoms with van der Waals surface area (Å²) in [4.78, 5) is 40.5. The molecule has 0 aliphatic carbocycles. The van der Waals surface area contributed by atoms with Crippen molar-refractivity contribution in [1.29, 1.82) is 0 Å². The van der Waals surface area contributed by atoms with Crippen LogP contribution in [0.5, 0.6) is 0 Å². The Balaban J connectivity index is 2.48. The third kappa shape index (κ3) is 3.27. The molecule has 7 heteroatoms. The van der Waals surface area contributed by atoms with E-state index < -0.39 is 22.9 Å². The van der Waals surface area contributed by atoms with Crippen LogP contribution >= 0.6 is 0 Å². The van der Waals surface area contributed by atoms with Crippen molar-refractivity contribution in [3.05, 3.63) is 110 Å². The number of carbonyl (C=O) groups is 1. The van der Waals surface area contributed by atoms with E-state index in [1.807, 2.05) is 0 Å². The molecule has 0 atom stereocenters. The Hall–Kier alpha value is -4.18. The van der Waals surface area contributed by atoms with Gasteiger partial charge in [-0.25, -0.2) is 14.2 Å². The van der Waals surface area contributed by atoms with Gasteiger partial charge in [-0.15, -0.1) is 0 Å². The second-order valence-corrected chi connectivity index (χ2v) is 5.88. The highest BCUT2D eigenvalue weighted by atomic mass is 16.4. The molecule has 1 heterocycles. The Labute approximate surface area is 159 Å². The molecule has 1 aromatic heterocycles. The topological polar surface area (TPSA) is 85.7 Å². The van der Waals surface area contributed by atoms with Crippen LogP contribution in [-0.2, 0) is 4.79 Å². The second kappa shape index (κ2) is 7.60. The minimum Gasteiger partial charge on any atom is -0.486 e. The fourth-order valence-electron chi connectivity index (χ4n) is 2.86. The molecule has 0 bridgehead atoms. The molecule has 0 radical (unpaired) electrons. The number of nitrogens with zero attached hydrogens (tertiary/aromatic N) is 3. The van der Waals surface area contributed by atoms with Crippen molar-refractivity contribution < 1.29 is 9.90 Å². The van der Waals surface area contributed by atoms with Crippen LogP contribution in [0.2, 0.25) is 0 Å². The lowest BCUT2D eigenvalue weighted by Crippen LogP contribution is -2.40. The van der Waals surface area contributed by atoms with Gasteiger partial charge in [-0.1, -0.05) is 36.4 Å². The molecule has 0 aliphatic rings. The van der Waals surface area contributed by atoms with Crippen LogP contribution in [0, 0.1) is 13.5 Å². The maximum absolute atomic E-state index is 13.2. The summed E-state index contributed by atoms with van der Waals surface area (Å²) in [6.45, 7) is 8.60. The molecule has 0 spiro atoms. The number of hydrogen-bond acceptors (Lipinski definition) is 3. The van der Waals surface area contributed by atoms with E-state index >= 15 is 0 Å². The first-order valence-corrected chi connectivity index (χ1v) is 8.27. The standard InChI is InChI=1S/C21H15N3O4/c1-14-17(13-18(22-2)20(26)27)19(25)24(16-11-7-4-8-12-16)21(28)23(14)15-9-5-3-6-10-15/h3-13H,1H3,(H,26,27). The zero-order valence-corrected chi connectivity index (χ0v) is 14.9. The van der Waals surface area contributed by atoms with Gasteiger partial charge < -0.3 is 5.11 Å². The highest BCUT2D eigenvalue weighted by molar-refractivity contribution is 5.94. The number of rotatable bonds is 4. The minimum absolute atomic E-state index is 0.0410. The van der Waals surface area contributed by atoms with E-state index in [4.69, 9.17) is 6.57 Å². The number of benzene rings is 2. The summed E-state index contributed by atoms with van der Waals surface area (Å²) in [6, 6.07) is 17.0. The van der Waals surface area contributed by atoms with Crippen LogP contribution in [0.25, 0.3) is 22.3 Å². The maximum Gasteiger partial charge on any atom is 0.340 e. The van der Waals surface area contributed by atoms with Crippen molar-refractivity contribution >= 4 is 12.0 Å². The van der Waals surface area contributed by atoms with Crippen molar-refractivity contribution in [1.82, 2.24) is 9.13 Å². The van der Waals surface area contributed by atoms with Gasteiger partial charge in [0.05, 0.1) is 23.5 Å². The number of hydrogen-bond donors (Lipinski definition) is 1. The smallest absolute Gasteiger partial charge is 0.340 e. The maximum atomic E-state index is 13.2. The van der Waals surface area contributed by atoms with Crippen molar-refractivity contribution in [2.45, 2.75) is 6.92 Å². The number of para-hydroxylation sites is 2. The lowest BCUT2D eigenvalue weighted by atomic mass is 10.1. The van der Waals surface area contributed by atoms with Gasteiger partial charge in [0.1, 0.15) is 0 Å². The first kappa shape index (κ1) is 18.6. The Kier molecular flexibility index (Phi) is 5.05. The quantitative estimate of drug-likeness (QED) is 0.563. The van der Waals surface area contributed by atoms with Crippen LogP contribution in [0.15, 0.2) is 75.9 Å². The Bertz CT molecular complexity index is 1230. The third-order valence-electron chi connectivity index (χ3n) is 4.19. The molecule has 0 unspecified atom stereocenters. The van der Waals surface area contributed by atoms with E-state index in [1.165, 1.54) is 4.57 Å². The number of carboxylic acids is 1. The van der Waals surface area contributed by atoms with Crippen LogP contribution in [0.3, 0.4) is 0 Å². The predicted octanol–water partition coefficient (Wildman–Crippen LogP) is 2.64. The predicted molar refractivity (Wildman–Crippen MR) is 105 cm³/mol. The molecule has 0 saturated heterocycles. The molecule has 0 amide bonds. The van der Waals surface area contributed by atoms with Gasteiger partial charge in [0.15, 0.2) is 0 Å². The SMILES string of the molecule is [C-]#[N+]C(=Cc1c(C)n(-c2ccccc2)c(=O)n(-c2ccccc2)c1=O)C(=O)O. The third-order valence-corrected chi connectivity index (χ3v) is 4.19. The molecule has 0 fully saturated rings. The van der Waals surface area contributed by atoms with Gasteiger partial charge in [-0.3, -0.25) is 14.2 Å². The van der Waals surface area contributed by atoms with Crippen molar-refractivity contribution in [2.24, 2.45) is 0 Å². The summed E-state index contributed by atoms with van der Waals surface area (Å²) in [5.41, 5.74) is -0.824. The highest BCUT2D eigenvalue weighted by Gasteiger charge is 2.19. The molecule has 3 rings (SSSR count). The zero-order valence-electron chi connectivity index (χ0n) is 14.9. The van der Waals surface area contributed by atoms with Crippen molar-refractivity contribution in [3.63, 3.8) is 0 Å². The minimum atomic E-state index is -1.45. The molecule has 0 saturated carbocycles. The monoisotopic (exact) mass is 373 g/mol. The fraction of sp³-hybridized carbons (Fsp3) is 0.0476. The van der Waals surface area contributed by atoms with Gasteiger partial charge in [0.2, 0.25) is 0 Å². The van der Waals surface area contributed by atoms with Crippen LogP contribution in [0.4, 0.5) is 0 Å². The number of carboxylic acid groups (broad SMARTS) is 1. The van der Waals surface area contributed by atoms with E-state index in [1.54, 1.807) is 67.6 Å². The molecular weight excluding hydrogens is 358 g/mol. The molecule has 2 aromatic carbocycles. The fourth-order valence-corrected chi connectivity index (χ4v) is 2.86. The average Bonchev–Trinajstić information content (AvgIpc) is 2.69. The van der Waals surface area contributed by atoms with E-state index in [2.05, 4.69) is 4.85 Å². The number of aromatic nitrogens is 2. The van der Waals surface area contributed by atoms with E-state index in [-0.39, 0.29) is 11.3 Å². The van der Waals surface area contributed by atoms with Gasteiger partial charge in [0, 0.05) is 5.69 Å². The Morgan fingerprint density at radius 3 is 1.93 bits per heavy atom. The lowest BCUT2D eigenvalue weighted by molar-refractivity contribution is -0.132. The van der Waals surface area contributed by atoms with Crippen molar-refractivity contribution in [2.75, 3.05) is 0 Å². The number of aliphatic carboxylic acids is 1. The first-order chi connectivity index (χ1) is 13.5. The molecule has 3 aromatic rings. The van der Waals surface area contributed by atoms with Gasteiger partial charge in [-0.05, 0) is 37.3 Å². The molecule has 7 nitrogen and oxygen atoms in total. The average molecular weight is 373 g/mol. The molecular formula is C21H15N3O4. The zero-order chi connectivity index (χ0) is 20.3. The summed E-state index contributed by atoms with van der Waals surface area (Å²) in [7, 11) is 0. The second-order valence-electron chi connectivity index (χ2n) is 5.88. The highest BCUT2D eigenvalue weighted by Crippen LogP contribution is 2.14. The summed E-state index contributed by atoms with van der Waals surface area (Å²) < 4.78 is 2.29. The molecule has 28 heavy (non-hydrogen) atoms. The largest absolute Gasteiger partial charge is 0.486 e. The molecule has 138 valence electrons. The summed E-state index contributed by atoms with van der Waals surface area (Å²) in [5.74, 6) is -1.45. The van der Waals surface area contributed by atoms with Crippen LogP contribution in [0.1, 0.15) is 11.3 Å². The van der Waals surface area contributed by atoms with E-state index in [0.717, 1.165) is 10.6 Å². The summed E-state index contributed by atoms with van der Waals surface area (Å²) >= 11 is 0. The van der Waals surface area contributed by atoms with Gasteiger partial charge >= 0.3 is 11.7 Å². The normalized spacial score (nSPS) is 11.1. The summed E-state index contributed by atoms with van der Waals surface area (Å²) in [6.07, 6.45) is 1.01. The first-order valence-electron chi connectivity index (χ1n) is 8.27. The van der Waals surface area contributed by atoms with Crippen molar-refractivity contribution in [3.8, 4) is 11.4 Å². The Morgan fingerprint density at radius 1 is 0.964 bits per heavy atom. The van der Waals surface area contributed by atoms with Crippen LogP contribution in [-0.4, -0.2) is 20.2 Å².